The highest BCUT2D eigenvalue weighted by molar-refractivity contribution is 5.95. The highest BCUT2D eigenvalue weighted by Gasteiger charge is 2.36. The summed E-state index contributed by atoms with van der Waals surface area (Å²) >= 11 is 0. The Balaban J connectivity index is 1.69. The van der Waals surface area contributed by atoms with E-state index in [4.69, 9.17) is 0 Å². The van der Waals surface area contributed by atoms with E-state index in [9.17, 15) is 18.3 Å². The number of aromatic nitrogens is 3. The van der Waals surface area contributed by atoms with Crippen molar-refractivity contribution in [3.63, 3.8) is 0 Å². The minimum atomic E-state index is -4.57. The molecule has 0 spiro atoms. The van der Waals surface area contributed by atoms with Crippen molar-refractivity contribution in [1.29, 1.82) is 0 Å². The van der Waals surface area contributed by atoms with Crippen LogP contribution in [0.4, 0.5) is 19.1 Å². The molecule has 3 aromatic rings. The largest absolute Gasteiger partial charge is 0.419 e. The van der Waals surface area contributed by atoms with Gasteiger partial charge in [-0.2, -0.15) is 13.2 Å². The molecule has 0 amide bonds. The van der Waals surface area contributed by atoms with Gasteiger partial charge in [-0.05, 0) is 57.7 Å². The van der Waals surface area contributed by atoms with Crippen LogP contribution < -0.4 is 10.6 Å². The fraction of sp³-hybridized carbons (Fsp3) is 0.478. The summed E-state index contributed by atoms with van der Waals surface area (Å²) in [6, 6.07) is 5.68. The Hall–Kier alpha value is -2.65. The van der Waals surface area contributed by atoms with Crippen molar-refractivity contribution >= 4 is 16.9 Å². The van der Waals surface area contributed by atoms with E-state index in [2.05, 4.69) is 25.6 Å². The van der Waals surface area contributed by atoms with Crippen LogP contribution in [0.25, 0.3) is 22.2 Å². The molecule has 0 bridgehead atoms. The number of aryl methyl sites for hydroxylation is 1. The lowest BCUT2D eigenvalue weighted by Gasteiger charge is -2.24. The third-order valence-electron chi connectivity index (χ3n) is 5.75. The van der Waals surface area contributed by atoms with Gasteiger partial charge in [0.05, 0.1) is 11.3 Å². The number of benzene rings is 1. The monoisotopic (exact) mass is 447 g/mol. The van der Waals surface area contributed by atoms with Gasteiger partial charge in [-0.25, -0.2) is 9.97 Å². The lowest BCUT2D eigenvalue weighted by molar-refractivity contribution is -0.137. The number of anilines is 1. The first kappa shape index (κ1) is 22.5. The highest BCUT2D eigenvalue weighted by Crippen LogP contribution is 2.39. The van der Waals surface area contributed by atoms with Gasteiger partial charge in [-0.15, -0.1) is 0 Å². The quantitative estimate of drug-likeness (QED) is 0.447. The van der Waals surface area contributed by atoms with Crippen molar-refractivity contribution < 1.29 is 18.3 Å². The number of rotatable bonds is 6. The van der Waals surface area contributed by atoms with E-state index in [0.29, 0.717) is 23.8 Å². The molecule has 6 nitrogen and oxygen atoms in total. The molecule has 4 N–H and O–H groups in total. The molecule has 1 saturated heterocycles. The molecule has 0 aliphatic carbocycles. The molecular formula is C23H28F3N5O. The Kier molecular flexibility index (Phi) is 6.13. The molecule has 3 heterocycles. The summed E-state index contributed by atoms with van der Waals surface area (Å²) < 4.78 is 41.3. The van der Waals surface area contributed by atoms with Crippen LogP contribution in [0.1, 0.15) is 44.2 Å². The molecule has 1 fully saturated rings. The van der Waals surface area contributed by atoms with E-state index in [-0.39, 0.29) is 17.7 Å². The van der Waals surface area contributed by atoms with Crippen LogP contribution in [0.15, 0.2) is 30.6 Å². The van der Waals surface area contributed by atoms with Gasteiger partial charge in [0.15, 0.2) is 0 Å². The third-order valence-corrected chi connectivity index (χ3v) is 5.75. The molecule has 0 saturated carbocycles. The van der Waals surface area contributed by atoms with Gasteiger partial charge in [0.1, 0.15) is 5.56 Å². The predicted octanol–water partition coefficient (Wildman–Crippen LogP) is 4.51. The first-order chi connectivity index (χ1) is 15.1. The van der Waals surface area contributed by atoms with Crippen LogP contribution in [0.2, 0.25) is 0 Å². The number of fused-ring (bicyclic) bond motifs is 1. The molecule has 1 atom stereocenters. The molecule has 0 radical (unpaired) electrons. The van der Waals surface area contributed by atoms with Crippen molar-refractivity contribution in [2.24, 2.45) is 0 Å². The fourth-order valence-electron chi connectivity index (χ4n) is 4.00. The Morgan fingerprint density at radius 2 is 2.06 bits per heavy atom. The Morgan fingerprint density at radius 1 is 1.25 bits per heavy atom. The van der Waals surface area contributed by atoms with E-state index >= 15 is 0 Å². The highest BCUT2D eigenvalue weighted by atomic mass is 19.4. The van der Waals surface area contributed by atoms with Crippen molar-refractivity contribution in [3.8, 4) is 11.3 Å². The first-order valence-corrected chi connectivity index (χ1v) is 10.8. The van der Waals surface area contributed by atoms with Crippen molar-refractivity contribution in [1.82, 2.24) is 20.3 Å². The number of halogens is 3. The number of nitrogens with zero attached hydrogens (tertiary/aromatic N) is 2. The van der Waals surface area contributed by atoms with Gasteiger partial charge in [0.25, 0.3) is 0 Å². The number of aromatic amines is 1. The van der Waals surface area contributed by atoms with Crippen LogP contribution in [-0.2, 0) is 12.6 Å². The fourth-order valence-corrected chi connectivity index (χ4v) is 4.00. The molecule has 0 unspecified atom stereocenters. The van der Waals surface area contributed by atoms with Crippen molar-refractivity contribution in [2.45, 2.75) is 57.3 Å². The smallest absolute Gasteiger partial charge is 0.390 e. The molecular weight excluding hydrogens is 419 g/mol. The van der Waals surface area contributed by atoms with Crippen LogP contribution in [0.3, 0.4) is 0 Å². The molecule has 1 aliphatic heterocycles. The average molecular weight is 448 g/mol. The summed E-state index contributed by atoms with van der Waals surface area (Å²) in [7, 11) is 0. The van der Waals surface area contributed by atoms with Gasteiger partial charge in [0, 0.05) is 41.4 Å². The Morgan fingerprint density at radius 3 is 2.75 bits per heavy atom. The van der Waals surface area contributed by atoms with Gasteiger partial charge in [-0.1, -0.05) is 12.1 Å². The van der Waals surface area contributed by atoms with Crippen LogP contribution in [0.5, 0.6) is 0 Å². The maximum atomic E-state index is 13.8. The lowest BCUT2D eigenvalue weighted by atomic mass is 9.97. The van der Waals surface area contributed by atoms with E-state index in [1.807, 2.05) is 12.1 Å². The first-order valence-electron chi connectivity index (χ1n) is 10.8. The number of H-pyrrole nitrogens is 1. The molecule has 32 heavy (non-hydrogen) atoms. The van der Waals surface area contributed by atoms with Gasteiger partial charge < -0.3 is 20.7 Å². The zero-order valence-corrected chi connectivity index (χ0v) is 18.2. The molecule has 172 valence electrons. The lowest BCUT2D eigenvalue weighted by Crippen LogP contribution is -2.38. The zero-order valence-electron chi connectivity index (χ0n) is 18.2. The van der Waals surface area contributed by atoms with E-state index in [1.54, 1.807) is 26.1 Å². The summed E-state index contributed by atoms with van der Waals surface area (Å²) in [4.78, 5) is 11.3. The van der Waals surface area contributed by atoms with Crippen LogP contribution >= 0.6 is 0 Å². The number of hydrogen-bond acceptors (Lipinski definition) is 5. The minimum absolute atomic E-state index is 0.0784. The van der Waals surface area contributed by atoms with Crippen molar-refractivity contribution in [3.05, 3.63) is 41.7 Å². The summed E-state index contributed by atoms with van der Waals surface area (Å²) in [5.41, 5.74) is 0.319. The molecule has 9 heteroatoms. The summed E-state index contributed by atoms with van der Waals surface area (Å²) in [6.07, 6.45) is 0.998. The van der Waals surface area contributed by atoms with E-state index in [1.165, 1.54) is 0 Å². The summed E-state index contributed by atoms with van der Waals surface area (Å²) in [5.74, 6) is 0.192. The molecule has 1 aromatic carbocycles. The second-order valence-electron chi connectivity index (χ2n) is 9.04. The minimum Gasteiger partial charge on any atom is -0.390 e. The number of hydrogen-bond donors (Lipinski definition) is 4. The van der Waals surface area contributed by atoms with Gasteiger partial charge in [0.2, 0.25) is 5.95 Å². The van der Waals surface area contributed by atoms with E-state index < -0.39 is 17.3 Å². The Bertz CT molecular complexity index is 1080. The summed E-state index contributed by atoms with van der Waals surface area (Å²) in [6.45, 7) is 5.16. The Labute approximate surface area is 184 Å². The molecule has 1 aliphatic rings. The molecule has 2 aromatic heterocycles. The standard InChI is InChI=1S/C23H28F3N5O/c1-22(2,32)8-7-14-5-6-16-17(12-28-19(16)10-14)20-18(23(24,25)26)13-29-21(31-20)30-15-4-3-9-27-11-15/h5-6,10,12-13,15,27-28,32H,3-4,7-9,11H2,1-2H3,(H,29,30,31)/t15-/m0/s1. The maximum absolute atomic E-state index is 13.8. The predicted molar refractivity (Wildman–Crippen MR) is 118 cm³/mol. The number of piperidine rings is 1. The SMILES string of the molecule is CC(C)(O)CCc1ccc2c(-c3nc(N[C@H]4CCCNC4)ncc3C(F)(F)F)c[nH]c2c1. The topological polar surface area (TPSA) is 85.9 Å². The normalized spacial score (nSPS) is 17.6. The number of alkyl halides is 3. The van der Waals surface area contributed by atoms with Gasteiger partial charge >= 0.3 is 6.18 Å². The average Bonchev–Trinajstić information content (AvgIpc) is 3.15. The maximum Gasteiger partial charge on any atom is 0.419 e. The molecule has 4 rings (SSSR count). The third kappa shape index (κ3) is 5.21. The number of aliphatic hydroxyl groups is 1. The summed E-state index contributed by atoms with van der Waals surface area (Å²) in [5, 5.41) is 17.0. The second-order valence-corrected chi connectivity index (χ2v) is 9.04. The van der Waals surface area contributed by atoms with Crippen LogP contribution in [-0.4, -0.2) is 44.8 Å². The van der Waals surface area contributed by atoms with Crippen molar-refractivity contribution in [2.75, 3.05) is 18.4 Å². The zero-order chi connectivity index (χ0) is 22.9. The van der Waals surface area contributed by atoms with Gasteiger partial charge in [-0.3, -0.25) is 0 Å². The second kappa shape index (κ2) is 8.71. The van der Waals surface area contributed by atoms with Crippen LogP contribution in [0, 0.1) is 0 Å². The number of nitrogens with one attached hydrogen (secondary N) is 3. The van der Waals surface area contributed by atoms with E-state index in [0.717, 1.165) is 43.2 Å².